The largest absolute Gasteiger partial charge is 0.329 e. The zero-order valence-electron chi connectivity index (χ0n) is 13.1. The molecule has 24 heavy (non-hydrogen) atoms. The highest BCUT2D eigenvalue weighted by molar-refractivity contribution is 7.10. The van der Waals surface area contributed by atoms with E-state index in [1.807, 2.05) is 29.6 Å². The van der Waals surface area contributed by atoms with Crippen molar-refractivity contribution in [3.05, 3.63) is 63.7 Å². The van der Waals surface area contributed by atoms with Crippen LogP contribution >= 0.6 is 11.3 Å². The predicted molar refractivity (Wildman–Crippen MR) is 90.0 cm³/mol. The summed E-state index contributed by atoms with van der Waals surface area (Å²) in [5.74, 6) is -0.0286. The fourth-order valence-corrected chi connectivity index (χ4v) is 3.92. The quantitative estimate of drug-likeness (QED) is 0.931. The molecule has 7 heteroatoms. The number of amides is 3. The molecule has 2 aliphatic heterocycles. The molecule has 1 unspecified atom stereocenters. The van der Waals surface area contributed by atoms with Gasteiger partial charge in [-0.1, -0.05) is 12.1 Å². The van der Waals surface area contributed by atoms with E-state index in [0.717, 1.165) is 16.1 Å². The van der Waals surface area contributed by atoms with Crippen molar-refractivity contribution in [3.63, 3.8) is 0 Å². The van der Waals surface area contributed by atoms with Gasteiger partial charge in [0.1, 0.15) is 0 Å². The van der Waals surface area contributed by atoms with E-state index in [1.54, 1.807) is 40.6 Å². The summed E-state index contributed by atoms with van der Waals surface area (Å²) < 4.78 is 0. The van der Waals surface area contributed by atoms with Gasteiger partial charge in [0.05, 0.1) is 23.9 Å². The van der Waals surface area contributed by atoms with E-state index in [9.17, 15) is 9.59 Å². The molecular formula is C17H16N4O2S. The Balaban J connectivity index is 1.67. The molecule has 2 aromatic heterocycles. The number of urea groups is 1. The number of nitrogens with zero attached hydrogens (tertiary/aromatic N) is 3. The van der Waals surface area contributed by atoms with Crippen LogP contribution in [0.2, 0.25) is 0 Å². The maximum atomic E-state index is 13.0. The van der Waals surface area contributed by atoms with E-state index in [4.69, 9.17) is 0 Å². The van der Waals surface area contributed by atoms with E-state index in [0.29, 0.717) is 18.7 Å². The third-order valence-electron chi connectivity index (χ3n) is 4.36. The molecule has 122 valence electrons. The minimum absolute atomic E-state index is 0.0286. The number of nitrogens with one attached hydrogen (secondary N) is 1. The fraction of sp³-hybridized carbons (Fsp3) is 0.235. The van der Waals surface area contributed by atoms with Crippen molar-refractivity contribution in [1.29, 1.82) is 0 Å². The first-order chi connectivity index (χ1) is 11.6. The molecule has 4 rings (SSSR count). The van der Waals surface area contributed by atoms with Gasteiger partial charge < -0.3 is 10.2 Å². The maximum Gasteiger partial charge on any atom is 0.322 e. The van der Waals surface area contributed by atoms with Crippen LogP contribution in [0, 0.1) is 0 Å². The molecule has 2 aromatic rings. The van der Waals surface area contributed by atoms with Gasteiger partial charge >= 0.3 is 6.03 Å². The Kier molecular flexibility index (Phi) is 3.57. The van der Waals surface area contributed by atoms with Crippen LogP contribution in [0.15, 0.2) is 53.3 Å². The molecule has 1 N–H and O–H groups in total. The number of hydrogen-bond acceptors (Lipinski definition) is 4. The van der Waals surface area contributed by atoms with Crippen molar-refractivity contribution < 1.29 is 9.59 Å². The molecule has 4 heterocycles. The minimum Gasteiger partial charge on any atom is -0.329 e. The number of thiophene rings is 1. The Morgan fingerprint density at radius 2 is 2.21 bits per heavy atom. The van der Waals surface area contributed by atoms with E-state index in [-0.39, 0.29) is 18.0 Å². The first kappa shape index (κ1) is 14.9. The van der Waals surface area contributed by atoms with Gasteiger partial charge in [0, 0.05) is 30.9 Å². The van der Waals surface area contributed by atoms with E-state index < -0.39 is 0 Å². The van der Waals surface area contributed by atoms with Crippen molar-refractivity contribution in [3.8, 4) is 0 Å². The minimum atomic E-state index is -0.366. The predicted octanol–water partition coefficient (Wildman–Crippen LogP) is 2.14. The molecule has 0 radical (unpaired) electrons. The van der Waals surface area contributed by atoms with Gasteiger partial charge in [0.2, 0.25) is 0 Å². The number of hydrogen-bond donors (Lipinski definition) is 1. The molecule has 0 fully saturated rings. The monoisotopic (exact) mass is 340 g/mol. The second-order valence-corrected chi connectivity index (χ2v) is 6.82. The van der Waals surface area contributed by atoms with Gasteiger partial charge in [-0.25, -0.2) is 4.79 Å². The highest BCUT2D eigenvalue weighted by Gasteiger charge is 2.43. The molecule has 0 saturated heterocycles. The van der Waals surface area contributed by atoms with Crippen LogP contribution in [0.1, 0.15) is 16.5 Å². The summed E-state index contributed by atoms with van der Waals surface area (Å²) in [6.07, 6.45) is 3.47. The molecule has 2 aliphatic rings. The number of rotatable bonds is 3. The zero-order valence-corrected chi connectivity index (χ0v) is 13.9. The van der Waals surface area contributed by atoms with Crippen LogP contribution in [0.4, 0.5) is 4.79 Å². The summed E-state index contributed by atoms with van der Waals surface area (Å²) in [6, 6.07) is 7.13. The van der Waals surface area contributed by atoms with E-state index in [1.165, 1.54) is 0 Å². The smallest absolute Gasteiger partial charge is 0.322 e. The topological polar surface area (TPSA) is 65.5 Å². The molecular weight excluding hydrogens is 324 g/mol. The molecule has 1 atom stereocenters. The maximum absolute atomic E-state index is 13.0. The van der Waals surface area contributed by atoms with Gasteiger partial charge in [-0.15, -0.1) is 11.3 Å². The summed E-state index contributed by atoms with van der Waals surface area (Å²) in [5.41, 5.74) is 2.43. The Hall–Kier alpha value is -2.67. The summed E-state index contributed by atoms with van der Waals surface area (Å²) in [5, 5.41) is 4.89. The lowest BCUT2D eigenvalue weighted by Gasteiger charge is -2.30. The average molecular weight is 340 g/mol. The van der Waals surface area contributed by atoms with Crippen molar-refractivity contribution in [1.82, 2.24) is 20.1 Å². The van der Waals surface area contributed by atoms with Gasteiger partial charge in [-0.05, 0) is 23.1 Å². The van der Waals surface area contributed by atoms with Gasteiger partial charge in [0.25, 0.3) is 5.91 Å². The van der Waals surface area contributed by atoms with E-state index >= 15 is 0 Å². The number of pyridine rings is 1. The molecule has 0 bridgehead atoms. The molecule has 0 spiro atoms. The Morgan fingerprint density at radius 3 is 2.92 bits per heavy atom. The lowest BCUT2D eigenvalue weighted by molar-refractivity contribution is -0.126. The van der Waals surface area contributed by atoms with E-state index in [2.05, 4.69) is 10.3 Å². The third kappa shape index (κ3) is 2.37. The van der Waals surface area contributed by atoms with Crippen LogP contribution in [0.25, 0.3) is 0 Å². The number of carbonyl (C=O) groups is 2. The number of carbonyl (C=O) groups excluding carboxylic acids is 2. The van der Waals surface area contributed by atoms with Crippen molar-refractivity contribution in [2.24, 2.45) is 0 Å². The second kappa shape index (κ2) is 5.76. The summed E-state index contributed by atoms with van der Waals surface area (Å²) in [6.45, 7) is 0.924. The number of likely N-dealkylation sites (N-methyl/N-ethyl adjacent to an activating group) is 1. The SMILES string of the molecule is CN1C(=O)NC(c2cccs2)C2=C1CN(Cc1cccnc1)C2=O. The van der Waals surface area contributed by atoms with Crippen LogP contribution in [0.3, 0.4) is 0 Å². The fourth-order valence-electron chi connectivity index (χ4n) is 3.13. The van der Waals surface area contributed by atoms with Crippen LogP contribution in [-0.2, 0) is 11.3 Å². The Bertz CT molecular complexity index is 816. The molecule has 0 saturated carbocycles. The lowest BCUT2D eigenvalue weighted by Crippen LogP contribution is -2.45. The zero-order chi connectivity index (χ0) is 16.7. The normalized spacial score (nSPS) is 20.5. The summed E-state index contributed by atoms with van der Waals surface area (Å²) >= 11 is 1.54. The first-order valence-electron chi connectivity index (χ1n) is 7.64. The van der Waals surface area contributed by atoms with Crippen molar-refractivity contribution in [2.75, 3.05) is 13.6 Å². The summed E-state index contributed by atoms with van der Waals surface area (Å²) in [7, 11) is 1.70. The van der Waals surface area contributed by atoms with Crippen LogP contribution < -0.4 is 5.32 Å². The standard InChI is InChI=1S/C17H16N4O2S/c1-20-12-10-21(9-11-4-2-6-18-8-11)16(22)14(12)15(19-17(20)23)13-5-3-7-24-13/h2-8,15H,9-10H2,1H3,(H,19,23). The summed E-state index contributed by atoms with van der Waals surface area (Å²) in [4.78, 5) is 33.6. The van der Waals surface area contributed by atoms with Gasteiger partial charge in [0.15, 0.2) is 0 Å². The molecule has 6 nitrogen and oxygen atoms in total. The lowest BCUT2D eigenvalue weighted by atomic mass is 10.0. The Morgan fingerprint density at radius 1 is 1.33 bits per heavy atom. The second-order valence-electron chi connectivity index (χ2n) is 5.84. The van der Waals surface area contributed by atoms with Gasteiger partial charge in [-0.2, -0.15) is 0 Å². The highest BCUT2D eigenvalue weighted by Crippen LogP contribution is 2.37. The third-order valence-corrected chi connectivity index (χ3v) is 5.30. The highest BCUT2D eigenvalue weighted by atomic mass is 32.1. The molecule has 0 aliphatic carbocycles. The van der Waals surface area contributed by atoms with Crippen molar-refractivity contribution in [2.45, 2.75) is 12.6 Å². The number of aromatic nitrogens is 1. The van der Waals surface area contributed by atoms with Gasteiger partial charge in [-0.3, -0.25) is 14.7 Å². The molecule has 3 amide bonds. The molecule has 0 aromatic carbocycles. The van der Waals surface area contributed by atoms with Crippen molar-refractivity contribution >= 4 is 23.3 Å². The van der Waals surface area contributed by atoms with Crippen LogP contribution in [0.5, 0.6) is 0 Å². The van der Waals surface area contributed by atoms with Crippen LogP contribution in [-0.4, -0.2) is 40.3 Å². The average Bonchev–Trinajstić information content (AvgIpc) is 3.22. The Labute approximate surface area is 143 Å². The first-order valence-corrected chi connectivity index (χ1v) is 8.52.